The second-order valence-corrected chi connectivity index (χ2v) is 6.08. The molecule has 0 spiro atoms. The Balaban J connectivity index is 1.92. The van der Waals surface area contributed by atoms with Gasteiger partial charge in [0.15, 0.2) is 0 Å². The van der Waals surface area contributed by atoms with Crippen molar-refractivity contribution in [2.45, 2.75) is 26.7 Å². The highest BCUT2D eigenvalue weighted by molar-refractivity contribution is 5.93. The van der Waals surface area contributed by atoms with E-state index in [1.165, 1.54) is 0 Å². The topological polar surface area (TPSA) is 67.9 Å². The fourth-order valence-corrected chi connectivity index (χ4v) is 2.96. The van der Waals surface area contributed by atoms with Gasteiger partial charge in [0.1, 0.15) is 5.75 Å². The molecule has 1 N–H and O–H groups in total. The molecule has 1 saturated heterocycles. The predicted molar refractivity (Wildman–Crippen MR) is 92.2 cm³/mol. The molecule has 1 fully saturated rings. The van der Waals surface area contributed by atoms with Gasteiger partial charge < -0.3 is 14.8 Å². The molecule has 0 unspecified atom stereocenters. The summed E-state index contributed by atoms with van der Waals surface area (Å²) >= 11 is 0. The number of aryl methyl sites for hydroxylation is 1. The van der Waals surface area contributed by atoms with Gasteiger partial charge in [0.05, 0.1) is 31.9 Å². The van der Waals surface area contributed by atoms with Crippen molar-refractivity contribution in [3.63, 3.8) is 0 Å². The number of ether oxygens (including phenoxy) is 2. The summed E-state index contributed by atoms with van der Waals surface area (Å²) in [6, 6.07) is 5.65. The molecular weight excluding hydrogens is 308 g/mol. The van der Waals surface area contributed by atoms with Crippen LogP contribution in [-0.2, 0) is 14.3 Å². The molecule has 1 aromatic rings. The molecule has 132 valence electrons. The molecule has 0 saturated carbocycles. The molecule has 6 nitrogen and oxygen atoms in total. The first-order valence-electron chi connectivity index (χ1n) is 8.37. The number of piperidine rings is 1. The maximum atomic E-state index is 12.3. The Morgan fingerprint density at radius 3 is 2.88 bits per heavy atom. The normalized spacial score (nSPS) is 18.0. The van der Waals surface area contributed by atoms with Gasteiger partial charge in [-0.05, 0) is 50.9 Å². The zero-order valence-electron chi connectivity index (χ0n) is 14.6. The standard InChI is InChI=1S/C18H26N2O4/c1-4-24-18(22)14-6-5-9-20(11-14)12-17(21)19-15-10-13(2)7-8-16(15)23-3/h7-8,10,14H,4-6,9,11-12H2,1-3H3,(H,19,21)/t14-/m0/s1. The van der Waals surface area contributed by atoms with Gasteiger partial charge >= 0.3 is 5.97 Å². The number of hydrogen-bond acceptors (Lipinski definition) is 5. The quantitative estimate of drug-likeness (QED) is 0.808. The minimum absolute atomic E-state index is 0.108. The van der Waals surface area contributed by atoms with E-state index in [4.69, 9.17) is 9.47 Å². The third-order valence-corrected chi connectivity index (χ3v) is 4.12. The Morgan fingerprint density at radius 1 is 1.38 bits per heavy atom. The van der Waals surface area contributed by atoms with Crippen LogP contribution in [0.1, 0.15) is 25.3 Å². The fraction of sp³-hybridized carbons (Fsp3) is 0.556. The van der Waals surface area contributed by atoms with Crippen LogP contribution in [0.2, 0.25) is 0 Å². The molecular formula is C18H26N2O4. The van der Waals surface area contributed by atoms with E-state index in [1.54, 1.807) is 14.0 Å². The number of nitrogens with zero attached hydrogens (tertiary/aromatic N) is 1. The number of esters is 1. The second kappa shape index (κ2) is 8.68. The van der Waals surface area contributed by atoms with Crippen molar-refractivity contribution in [1.82, 2.24) is 4.90 Å². The highest BCUT2D eigenvalue weighted by Gasteiger charge is 2.27. The van der Waals surface area contributed by atoms with Crippen LogP contribution in [0.3, 0.4) is 0 Å². The summed E-state index contributed by atoms with van der Waals surface area (Å²) in [7, 11) is 1.58. The Hall–Kier alpha value is -2.08. The molecule has 1 atom stereocenters. The van der Waals surface area contributed by atoms with E-state index in [-0.39, 0.29) is 24.3 Å². The molecule has 6 heteroatoms. The predicted octanol–water partition coefficient (Wildman–Crippen LogP) is 2.22. The van der Waals surface area contributed by atoms with Crippen molar-refractivity contribution in [2.75, 3.05) is 38.7 Å². The maximum Gasteiger partial charge on any atom is 0.310 e. The van der Waals surface area contributed by atoms with Crippen molar-refractivity contribution in [1.29, 1.82) is 0 Å². The number of rotatable bonds is 6. The maximum absolute atomic E-state index is 12.3. The molecule has 0 radical (unpaired) electrons. The first kappa shape index (κ1) is 18.3. The molecule has 24 heavy (non-hydrogen) atoms. The zero-order valence-corrected chi connectivity index (χ0v) is 14.6. The van der Waals surface area contributed by atoms with Crippen molar-refractivity contribution in [3.8, 4) is 5.75 Å². The van der Waals surface area contributed by atoms with Crippen LogP contribution in [-0.4, -0.2) is 50.1 Å². The number of anilines is 1. The zero-order chi connectivity index (χ0) is 17.5. The largest absolute Gasteiger partial charge is 0.495 e. The van der Waals surface area contributed by atoms with E-state index in [0.29, 0.717) is 24.6 Å². The molecule has 0 aromatic heterocycles. The van der Waals surface area contributed by atoms with Gasteiger partial charge in [-0.15, -0.1) is 0 Å². The average molecular weight is 334 g/mol. The number of benzene rings is 1. The Kier molecular flexibility index (Phi) is 6.61. The summed E-state index contributed by atoms with van der Waals surface area (Å²) in [4.78, 5) is 26.2. The lowest BCUT2D eigenvalue weighted by Gasteiger charge is -2.30. The molecule has 2 rings (SSSR count). The molecule has 1 aliphatic rings. The Bertz CT molecular complexity index is 588. The summed E-state index contributed by atoms with van der Waals surface area (Å²) in [6.07, 6.45) is 1.72. The minimum Gasteiger partial charge on any atom is -0.495 e. The van der Waals surface area contributed by atoms with Gasteiger partial charge in [-0.1, -0.05) is 6.07 Å². The van der Waals surface area contributed by atoms with Crippen molar-refractivity contribution in [3.05, 3.63) is 23.8 Å². The van der Waals surface area contributed by atoms with E-state index in [2.05, 4.69) is 5.32 Å². The second-order valence-electron chi connectivity index (χ2n) is 6.08. The van der Waals surface area contributed by atoms with Gasteiger partial charge in [-0.3, -0.25) is 14.5 Å². The lowest BCUT2D eigenvalue weighted by atomic mass is 9.98. The van der Waals surface area contributed by atoms with Gasteiger partial charge in [-0.25, -0.2) is 0 Å². The van der Waals surface area contributed by atoms with Crippen LogP contribution in [0.5, 0.6) is 5.75 Å². The van der Waals surface area contributed by atoms with Gasteiger partial charge in [-0.2, -0.15) is 0 Å². The number of carbonyl (C=O) groups excluding carboxylic acids is 2. The summed E-state index contributed by atoms with van der Waals surface area (Å²) in [5.74, 6) is 0.225. The van der Waals surface area contributed by atoms with E-state index in [0.717, 1.165) is 24.9 Å². The third-order valence-electron chi connectivity index (χ3n) is 4.12. The van der Waals surface area contributed by atoms with Gasteiger partial charge in [0, 0.05) is 6.54 Å². The number of hydrogen-bond donors (Lipinski definition) is 1. The summed E-state index contributed by atoms with van der Waals surface area (Å²) in [5.41, 5.74) is 1.72. The molecule has 1 heterocycles. The number of methoxy groups -OCH3 is 1. The molecule has 1 aromatic carbocycles. The van der Waals surface area contributed by atoms with Crippen LogP contribution in [0.25, 0.3) is 0 Å². The first-order valence-corrected chi connectivity index (χ1v) is 8.37. The number of nitrogens with one attached hydrogen (secondary N) is 1. The van der Waals surface area contributed by atoms with Crippen LogP contribution in [0, 0.1) is 12.8 Å². The molecule has 0 aliphatic carbocycles. The molecule has 1 amide bonds. The van der Waals surface area contributed by atoms with Crippen LogP contribution in [0.4, 0.5) is 5.69 Å². The lowest BCUT2D eigenvalue weighted by molar-refractivity contribution is -0.150. The van der Waals surface area contributed by atoms with Crippen LogP contribution < -0.4 is 10.1 Å². The highest BCUT2D eigenvalue weighted by atomic mass is 16.5. The van der Waals surface area contributed by atoms with E-state index >= 15 is 0 Å². The van der Waals surface area contributed by atoms with E-state index in [1.807, 2.05) is 30.0 Å². The van der Waals surface area contributed by atoms with Crippen LogP contribution >= 0.6 is 0 Å². The Morgan fingerprint density at radius 2 is 2.17 bits per heavy atom. The highest BCUT2D eigenvalue weighted by Crippen LogP contribution is 2.25. The summed E-state index contributed by atoms with van der Waals surface area (Å²) in [6.45, 7) is 5.80. The summed E-state index contributed by atoms with van der Waals surface area (Å²) in [5, 5.41) is 2.90. The summed E-state index contributed by atoms with van der Waals surface area (Å²) < 4.78 is 10.4. The van der Waals surface area contributed by atoms with Crippen molar-refractivity contribution >= 4 is 17.6 Å². The lowest BCUT2D eigenvalue weighted by Crippen LogP contribution is -2.43. The first-order chi connectivity index (χ1) is 11.5. The van der Waals surface area contributed by atoms with Crippen molar-refractivity contribution < 1.29 is 19.1 Å². The fourth-order valence-electron chi connectivity index (χ4n) is 2.96. The monoisotopic (exact) mass is 334 g/mol. The Labute approximate surface area is 143 Å². The number of carbonyl (C=O) groups is 2. The molecule has 1 aliphatic heterocycles. The van der Waals surface area contributed by atoms with Gasteiger partial charge in [0.2, 0.25) is 5.91 Å². The minimum atomic E-state index is -0.164. The van der Waals surface area contributed by atoms with E-state index in [9.17, 15) is 9.59 Å². The van der Waals surface area contributed by atoms with E-state index < -0.39 is 0 Å². The number of likely N-dealkylation sites (tertiary alicyclic amines) is 1. The van der Waals surface area contributed by atoms with Gasteiger partial charge in [0.25, 0.3) is 0 Å². The SMILES string of the molecule is CCOC(=O)[C@H]1CCCN(CC(=O)Nc2cc(C)ccc2OC)C1. The third kappa shape index (κ3) is 4.96. The average Bonchev–Trinajstić information content (AvgIpc) is 2.55. The van der Waals surface area contributed by atoms with Crippen LogP contribution in [0.15, 0.2) is 18.2 Å². The number of amides is 1. The smallest absolute Gasteiger partial charge is 0.310 e. The molecule has 0 bridgehead atoms. The van der Waals surface area contributed by atoms with Crippen molar-refractivity contribution in [2.24, 2.45) is 5.92 Å².